The molecule has 1 aromatic rings. The maximum absolute atomic E-state index is 5.75. The van der Waals surface area contributed by atoms with Gasteiger partial charge in [0.05, 0.1) is 5.01 Å². The van der Waals surface area contributed by atoms with E-state index in [4.69, 9.17) is 5.73 Å². The van der Waals surface area contributed by atoms with E-state index in [-0.39, 0.29) is 24.0 Å². The number of nitrogens with one attached hydrogen (secondary N) is 1. The molecule has 0 bridgehead atoms. The molecule has 0 saturated carbocycles. The Hall–Kier alpha value is -0.370. The lowest BCUT2D eigenvalue weighted by Crippen LogP contribution is -2.34. The van der Waals surface area contributed by atoms with E-state index in [0.29, 0.717) is 17.8 Å². The molecule has 0 aliphatic heterocycles. The zero-order valence-corrected chi connectivity index (χ0v) is 13.7. The molecule has 0 aliphatic carbocycles. The Balaban J connectivity index is 0.00000256. The van der Waals surface area contributed by atoms with Crippen molar-refractivity contribution in [3.63, 3.8) is 0 Å². The van der Waals surface area contributed by atoms with Crippen molar-refractivity contribution in [2.75, 3.05) is 13.1 Å². The van der Waals surface area contributed by atoms with Gasteiger partial charge in [0.1, 0.15) is 0 Å². The van der Waals surface area contributed by atoms with Crippen LogP contribution in [0.2, 0.25) is 0 Å². The van der Waals surface area contributed by atoms with Gasteiger partial charge >= 0.3 is 0 Å². The van der Waals surface area contributed by atoms with E-state index in [2.05, 4.69) is 36.1 Å². The standard InChI is InChI=1S/C11H20N4S.HI/c1-8(2)6-14-11(12)15-7-9(3)10-13-4-5-16-10;/h4-5,8-9H,6-7H2,1-3H3,(H3,12,14,15);1H. The van der Waals surface area contributed by atoms with Crippen molar-refractivity contribution in [3.05, 3.63) is 16.6 Å². The number of aliphatic imine (C=N–C) groups is 1. The van der Waals surface area contributed by atoms with E-state index in [1.54, 1.807) is 11.3 Å². The molecule has 0 saturated heterocycles. The van der Waals surface area contributed by atoms with Crippen molar-refractivity contribution >= 4 is 41.3 Å². The fraction of sp³-hybridized carbons (Fsp3) is 0.636. The lowest BCUT2D eigenvalue weighted by molar-refractivity contribution is 0.656. The summed E-state index contributed by atoms with van der Waals surface area (Å²) < 4.78 is 0. The lowest BCUT2D eigenvalue weighted by Gasteiger charge is -2.10. The van der Waals surface area contributed by atoms with E-state index in [9.17, 15) is 0 Å². The SMILES string of the molecule is CC(C)CN=C(N)NCC(C)c1nccs1.I. The first-order valence-corrected chi connectivity index (χ1v) is 6.40. The summed E-state index contributed by atoms with van der Waals surface area (Å²) in [7, 11) is 0. The van der Waals surface area contributed by atoms with Crippen molar-refractivity contribution in [3.8, 4) is 0 Å². The van der Waals surface area contributed by atoms with Crippen molar-refractivity contribution < 1.29 is 0 Å². The Bertz CT molecular complexity index is 324. The molecular formula is C11H21IN4S. The second-order valence-corrected chi connectivity index (χ2v) is 5.20. The first-order chi connectivity index (χ1) is 7.59. The average Bonchev–Trinajstić information content (AvgIpc) is 2.76. The van der Waals surface area contributed by atoms with Crippen LogP contribution >= 0.6 is 35.3 Å². The van der Waals surface area contributed by atoms with Gasteiger partial charge in [0.25, 0.3) is 0 Å². The first-order valence-electron chi connectivity index (χ1n) is 5.52. The highest BCUT2D eigenvalue weighted by molar-refractivity contribution is 14.0. The molecule has 1 aromatic heterocycles. The molecule has 1 atom stereocenters. The quantitative estimate of drug-likeness (QED) is 0.477. The molecule has 0 amide bonds. The maximum atomic E-state index is 5.75. The predicted molar refractivity (Wildman–Crippen MR) is 85.3 cm³/mol. The molecule has 17 heavy (non-hydrogen) atoms. The minimum Gasteiger partial charge on any atom is -0.370 e. The van der Waals surface area contributed by atoms with Crippen LogP contribution in [0.4, 0.5) is 0 Å². The molecule has 1 heterocycles. The van der Waals surface area contributed by atoms with Gasteiger partial charge in [-0.2, -0.15) is 0 Å². The van der Waals surface area contributed by atoms with Crippen LogP contribution in [0.5, 0.6) is 0 Å². The highest BCUT2D eigenvalue weighted by Gasteiger charge is 2.07. The Morgan fingerprint density at radius 3 is 2.76 bits per heavy atom. The summed E-state index contributed by atoms with van der Waals surface area (Å²) in [6.45, 7) is 7.91. The van der Waals surface area contributed by atoms with Gasteiger partial charge in [0, 0.05) is 30.6 Å². The largest absolute Gasteiger partial charge is 0.370 e. The molecule has 3 N–H and O–H groups in total. The number of aromatic nitrogens is 1. The molecular weight excluding hydrogens is 347 g/mol. The van der Waals surface area contributed by atoms with Crippen molar-refractivity contribution in [1.82, 2.24) is 10.3 Å². The smallest absolute Gasteiger partial charge is 0.188 e. The van der Waals surface area contributed by atoms with E-state index in [1.165, 1.54) is 0 Å². The predicted octanol–water partition coefficient (Wildman–Crippen LogP) is 2.42. The summed E-state index contributed by atoms with van der Waals surface area (Å²) in [5.41, 5.74) is 5.75. The van der Waals surface area contributed by atoms with Crippen LogP contribution in [0.25, 0.3) is 0 Å². The molecule has 6 heteroatoms. The van der Waals surface area contributed by atoms with Crippen LogP contribution in [0.15, 0.2) is 16.6 Å². The Labute approximate surface area is 124 Å². The number of nitrogens with two attached hydrogens (primary N) is 1. The van der Waals surface area contributed by atoms with Crippen molar-refractivity contribution in [2.45, 2.75) is 26.7 Å². The summed E-state index contributed by atoms with van der Waals surface area (Å²) in [6, 6.07) is 0. The van der Waals surface area contributed by atoms with E-state index in [0.717, 1.165) is 18.1 Å². The third-order valence-electron chi connectivity index (χ3n) is 2.09. The van der Waals surface area contributed by atoms with Gasteiger partial charge in [-0.25, -0.2) is 4.98 Å². The van der Waals surface area contributed by atoms with Crippen molar-refractivity contribution in [1.29, 1.82) is 0 Å². The molecule has 0 fully saturated rings. The van der Waals surface area contributed by atoms with Gasteiger partial charge in [-0.3, -0.25) is 4.99 Å². The molecule has 4 nitrogen and oxygen atoms in total. The van der Waals surface area contributed by atoms with Gasteiger partial charge < -0.3 is 11.1 Å². The third-order valence-corrected chi connectivity index (χ3v) is 3.10. The van der Waals surface area contributed by atoms with Gasteiger partial charge in [-0.05, 0) is 5.92 Å². The summed E-state index contributed by atoms with van der Waals surface area (Å²) in [5, 5.41) is 6.24. The van der Waals surface area contributed by atoms with Crippen LogP contribution in [-0.4, -0.2) is 24.0 Å². The number of guanidine groups is 1. The highest BCUT2D eigenvalue weighted by Crippen LogP contribution is 2.15. The zero-order valence-electron chi connectivity index (χ0n) is 10.5. The molecule has 0 aliphatic rings. The summed E-state index contributed by atoms with van der Waals surface area (Å²) in [6.07, 6.45) is 1.83. The topological polar surface area (TPSA) is 63.3 Å². The number of hydrogen-bond donors (Lipinski definition) is 2. The molecule has 1 unspecified atom stereocenters. The normalized spacial score (nSPS) is 13.3. The molecule has 98 valence electrons. The van der Waals surface area contributed by atoms with Crippen LogP contribution < -0.4 is 11.1 Å². The number of nitrogens with zero attached hydrogens (tertiary/aromatic N) is 2. The monoisotopic (exact) mass is 368 g/mol. The zero-order chi connectivity index (χ0) is 12.0. The second kappa shape index (κ2) is 8.68. The summed E-state index contributed by atoms with van der Waals surface area (Å²) >= 11 is 1.67. The van der Waals surface area contributed by atoms with Crippen LogP contribution in [0.3, 0.4) is 0 Å². The van der Waals surface area contributed by atoms with Gasteiger partial charge in [-0.1, -0.05) is 20.8 Å². The lowest BCUT2D eigenvalue weighted by atomic mass is 10.2. The summed E-state index contributed by atoms with van der Waals surface area (Å²) in [5.74, 6) is 1.43. The molecule has 0 aromatic carbocycles. The van der Waals surface area contributed by atoms with Gasteiger partial charge in [0.15, 0.2) is 5.96 Å². The van der Waals surface area contributed by atoms with Crippen LogP contribution in [0, 0.1) is 5.92 Å². The third kappa shape index (κ3) is 6.82. The van der Waals surface area contributed by atoms with E-state index < -0.39 is 0 Å². The van der Waals surface area contributed by atoms with Crippen molar-refractivity contribution in [2.24, 2.45) is 16.6 Å². The number of halogens is 1. The van der Waals surface area contributed by atoms with Crippen LogP contribution in [-0.2, 0) is 0 Å². The molecule has 1 rings (SSSR count). The minimum absolute atomic E-state index is 0. The first kappa shape index (κ1) is 16.6. The fourth-order valence-electron chi connectivity index (χ4n) is 1.16. The average molecular weight is 368 g/mol. The molecule has 0 radical (unpaired) electrons. The Morgan fingerprint density at radius 2 is 2.24 bits per heavy atom. The molecule has 0 spiro atoms. The maximum Gasteiger partial charge on any atom is 0.188 e. The minimum atomic E-state index is 0. The number of hydrogen-bond acceptors (Lipinski definition) is 3. The van der Waals surface area contributed by atoms with E-state index >= 15 is 0 Å². The van der Waals surface area contributed by atoms with E-state index in [1.807, 2.05) is 11.6 Å². The second-order valence-electron chi connectivity index (χ2n) is 4.27. The Morgan fingerprint density at radius 1 is 1.53 bits per heavy atom. The highest BCUT2D eigenvalue weighted by atomic mass is 127. The fourth-order valence-corrected chi connectivity index (χ4v) is 1.86. The summed E-state index contributed by atoms with van der Waals surface area (Å²) in [4.78, 5) is 8.51. The Kier molecular flexibility index (Phi) is 8.49. The number of thiazole rings is 1. The van der Waals surface area contributed by atoms with Crippen LogP contribution in [0.1, 0.15) is 31.7 Å². The number of rotatable bonds is 5. The van der Waals surface area contributed by atoms with Gasteiger partial charge in [0.2, 0.25) is 0 Å². The van der Waals surface area contributed by atoms with Gasteiger partial charge in [-0.15, -0.1) is 35.3 Å².